The molecule has 792 valence electrons. The van der Waals surface area contributed by atoms with Gasteiger partial charge in [-0.3, -0.25) is 33.6 Å². The largest absolute Gasteiger partial charge is 1.00 e. The Hall–Kier alpha value is -10.0. The van der Waals surface area contributed by atoms with E-state index in [1.54, 1.807) is 62.0 Å². The Balaban J connectivity index is 0.000000222. The van der Waals surface area contributed by atoms with Gasteiger partial charge in [0.05, 0.1) is 71.2 Å². The minimum absolute atomic E-state index is 0. The van der Waals surface area contributed by atoms with Crippen LogP contribution < -0.4 is 105 Å². The molecular weight excluding hydrogens is 2210 g/mol. The molecule has 11 aromatic heterocycles. The number of amides is 2. The molecule has 0 unspecified atom stereocenters. The van der Waals surface area contributed by atoms with Crippen molar-refractivity contribution in [2.24, 2.45) is 21.1 Å². The molecule has 0 spiro atoms. The summed E-state index contributed by atoms with van der Waals surface area (Å²) in [5.74, 6) is 6.41. The number of nitrogens with zero attached hydrogens (tertiary/aromatic N) is 19. The van der Waals surface area contributed by atoms with E-state index in [0.29, 0.717) is 64.1 Å². The van der Waals surface area contributed by atoms with Gasteiger partial charge in [0.1, 0.15) is 34.0 Å². The number of carbonyl (C=O) groups excluding carboxylic acids is 2. The van der Waals surface area contributed by atoms with Crippen molar-refractivity contribution in [3.05, 3.63) is 291 Å². The number of nitrogens with one attached hydrogen (secondary N) is 7. The van der Waals surface area contributed by atoms with E-state index in [9.17, 15) is 33.6 Å². The van der Waals surface area contributed by atoms with E-state index in [1.165, 1.54) is 96.6 Å². The molecule has 4 saturated heterocycles. The maximum atomic E-state index is 13.2. The number of nitrogen functional groups attached to an aromatic ring is 1. The number of aromatic nitrogens is 15. The average molecular weight is 2340 g/mol. The molecule has 2 aromatic carbocycles. The first kappa shape index (κ1) is 124. The normalized spacial score (nSPS) is 14.7. The predicted molar refractivity (Wildman–Crippen MR) is 607 cm³/mol. The Bertz CT molecular complexity index is 6730. The Morgan fingerprint density at radius 3 is 1.29 bits per heavy atom. The molecule has 49 heteroatoms. The monoisotopic (exact) mass is 2330 g/mol. The molecule has 4 fully saturated rings. The SMILES string of the molecule is C.C.CCN1CCN(c2ccc(N)nc2)CC1.CCN1CCN(c2ccc(Nc3cc(-c4cccc(NC(=O)c5cc6c(s5)CCCC6)c4C)nn(C)c3=O)nc2)CC1.CCN1CCN(c2ccc(Nc3cc(Cl)nn(C)c3=O)nc2)CC1.Cc1c(NC(=O)c2cc3c(s2)CCCC3)cccc1B1OC(C)(C)C(C)(C)O1.Clc1ccc(Cl)nn1.Cn1nc(Cl)cc(Br)c1=O.O=c1[nH]nc(Cl)cc1Br.O=c1ccc(Cl)n[nH]1.[NH-]O.[Na+]. The molecule has 6 aliphatic rings. The first-order valence-corrected chi connectivity index (χ1v) is 52.5. The summed E-state index contributed by atoms with van der Waals surface area (Å²) in [5, 5.41) is 50.7. The summed E-state index contributed by atoms with van der Waals surface area (Å²) in [6, 6.07) is 39.6. The minimum atomic E-state index is -0.434. The van der Waals surface area contributed by atoms with Crippen LogP contribution in [0.25, 0.3) is 17.2 Å². The van der Waals surface area contributed by atoms with Crippen LogP contribution in [0, 0.1) is 13.8 Å². The van der Waals surface area contributed by atoms with Crippen molar-refractivity contribution in [2.45, 2.75) is 140 Å². The van der Waals surface area contributed by atoms with Crippen LogP contribution >= 0.6 is 124 Å². The number of benzene rings is 2. The molecule has 19 rings (SSSR count). The van der Waals surface area contributed by atoms with E-state index in [1.807, 2.05) is 139 Å². The summed E-state index contributed by atoms with van der Waals surface area (Å²) in [6.07, 6.45) is 14.7. The summed E-state index contributed by atoms with van der Waals surface area (Å²) in [5.41, 5.74) is 16.2. The van der Waals surface area contributed by atoms with Gasteiger partial charge >= 0.3 is 36.7 Å². The van der Waals surface area contributed by atoms with Crippen molar-refractivity contribution in [1.29, 1.82) is 0 Å². The van der Waals surface area contributed by atoms with Crippen LogP contribution in [0.15, 0.2) is 185 Å². The van der Waals surface area contributed by atoms with Crippen molar-refractivity contribution < 1.29 is 53.7 Å². The minimum Gasteiger partial charge on any atom is -0.553 e. The number of likely N-dealkylation sites (N-methyl/N-ethyl adjacent to an activating group) is 3. The number of anilines is 10. The number of nitrogens with two attached hydrogens (primary N) is 1. The molecule has 2 aliphatic carbocycles. The summed E-state index contributed by atoms with van der Waals surface area (Å²) < 4.78 is 16.9. The van der Waals surface area contributed by atoms with Crippen LogP contribution in [0.4, 0.5) is 57.3 Å². The van der Waals surface area contributed by atoms with E-state index >= 15 is 0 Å². The Morgan fingerprint density at radius 2 is 0.886 bits per heavy atom. The fourth-order valence-electron chi connectivity index (χ4n) is 15.8. The zero-order chi connectivity index (χ0) is 106. The van der Waals surface area contributed by atoms with Gasteiger partial charge < -0.3 is 76.8 Å². The molecule has 37 nitrogen and oxygen atoms in total. The van der Waals surface area contributed by atoms with Crippen LogP contribution in [0.5, 0.6) is 0 Å². The quantitative estimate of drug-likeness (QED) is 0.0329. The summed E-state index contributed by atoms with van der Waals surface area (Å²) in [7, 11) is 4.31. The molecule has 0 radical (unpaired) electrons. The number of hydrogen-bond acceptors (Lipinski definition) is 31. The fraction of sp³-hybridized carbons (Fsp3) is 0.390. The summed E-state index contributed by atoms with van der Waals surface area (Å²) in [6.45, 7) is 34.7. The van der Waals surface area contributed by atoms with Crippen molar-refractivity contribution >= 4 is 206 Å². The van der Waals surface area contributed by atoms with E-state index in [2.05, 4.69) is 170 Å². The van der Waals surface area contributed by atoms with Crippen LogP contribution in [0.1, 0.15) is 140 Å². The Morgan fingerprint density at radius 1 is 0.477 bits per heavy atom. The van der Waals surface area contributed by atoms with Crippen molar-refractivity contribution in [3.8, 4) is 11.3 Å². The number of aromatic amines is 2. The summed E-state index contributed by atoms with van der Waals surface area (Å²) >= 11 is 42.2. The van der Waals surface area contributed by atoms with E-state index in [-0.39, 0.29) is 106 Å². The van der Waals surface area contributed by atoms with Crippen LogP contribution in [-0.4, -0.2) is 223 Å². The topological polar surface area (TPSA) is 451 Å². The van der Waals surface area contributed by atoms with E-state index in [0.717, 1.165) is 179 Å². The Kier molecular flexibility index (Phi) is 49.9. The number of pyridine rings is 3. The number of rotatable bonds is 16. The standard InChI is InChI=1S/C32H37N7O2S.C22H28BNO3S.C16H21ClN6O.C11H18N4.C5H4BrClN2O.C4H2BrClN2O.C4H2Cl2N2.C4H3ClN2O.2CH4.H2NO.Na/c1-4-38-14-16-39(17-15-38)23-12-13-30(33-20-23)34-27-19-26(36-37(3)32(27)41)24-9-7-10-25(21(24)2)35-31(40)29-18-22-8-5-6-11-28(22)42-29;1-14-16(23-26-21(2,3)22(4,5)27-23)10-8-11-17(14)24-20(25)19-13-15-9-6-7-12-18(15)28-19;1-3-22-6-8-23(9-7-22)12-4-5-15(18-11-12)19-13-10-14(17)20-21(2)16(13)24;1-2-14-5-7-15(8-6-14)10-3-4-11(12)13-9-10;1-9-5(10)3(6)2-4(7)8-9;5-2-1-3(6)7-8-4(2)9;5-3-1-2-4(6)8-7-3;5-3-1-2-4(8)7-6-3;;;1-2;/h7,9-10,12-13,18-20H,4-6,8,11,14-17H2,1-3H3,(H,33,34)(H,35,40);8,10-11,13H,6-7,9,12H2,1-5H3,(H,24,25);4-5,10-11H,3,6-9H2,1-2H3,(H,18,19);3-4,9H,2,5-8H2,1H3,(H2,12,13);2H,1H3;1H,(H,8,9);1-2H;1-2H,(H,7,8);2*1H4;1-2H;/q;;;;;;;;;;-1;+1. The zero-order valence-corrected chi connectivity index (χ0v) is 95.2. The van der Waals surface area contributed by atoms with Gasteiger partial charge in [-0.2, -0.15) is 25.5 Å². The number of aryl methyl sites for hydroxylation is 7. The van der Waals surface area contributed by atoms with Gasteiger partial charge in [0.2, 0.25) is 0 Å². The molecular formula is C100H125BBr2Cl6N27NaO10S2. The van der Waals surface area contributed by atoms with Gasteiger partial charge in [0.15, 0.2) is 25.8 Å². The zero-order valence-electron chi connectivity index (χ0n) is 83.8. The molecule has 0 atom stereocenters. The van der Waals surface area contributed by atoms with Crippen molar-refractivity contribution in [1.82, 2.24) is 89.6 Å². The average Bonchev–Trinajstić information content (AvgIpc) is 1.58. The number of thiophene rings is 2. The maximum absolute atomic E-state index is 13.2. The van der Waals surface area contributed by atoms with Gasteiger partial charge in [0.25, 0.3) is 39.6 Å². The second-order valence-electron chi connectivity index (χ2n) is 35.0. The third kappa shape index (κ3) is 36.1. The van der Waals surface area contributed by atoms with Crippen LogP contribution in [-0.2, 0) is 56.1 Å². The number of piperazine rings is 3. The van der Waals surface area contributed by atoms with Gasteiger partial charge in [-0.05, 0) is 269 Å². The van der Waals surface area contributed by atoms with Crippen molar-refractivity contribution in [3.63, 3.8) is 0 Å². The first-order valence-electron chi connectivity index (χ1n) is 47.0. The van der Waals surface area contributed by atoms with Crippen LogP contribution in [0.3, 0.4) is 0 Å². The number of fused-ring (bicyclic) bond motifs is 2. The first-order chi connectivity index (χ1) is 69.8. The molecule has 4 aliphatic heterocycles. The predicted octanol–water partition coefficient (Wildman–Crippen LogP) is 15.5. The van der Waals surface area contributed by atoms with Gasteiger partial charge in [-0.15, -0.1) is 32.9 Å². The second-order valence-corrected chi connectivity index (χ2v) is 41.3. The van der Waals surface area contributed by atoms with E-state index < -0.39 is 7.12 Å². The number of halogens is 8. The molecule has 10 N–H and O–H groups in total. The molecule has 15 heterocycles. The summed E-state index contributed by atoms with van der Waals surface area (Å²) in [4.78, 5) is 115. The molecule has 0 bridgehead atoms. The van der Waals surface area contributed by atoms with Gasteiger partial charge in [-0.1, -0.05) is 129 Å². The molecule has 13 aromatic rings. The second kappa shape index (κ2) is 59.9. The molecule has 2 amide bonds. The molecule has 0 saturated carbocycles. The number of carbonyl (C=O) groups is 2. The third-order valence-electron chi connectivity index (χ3n) is 24.8. The van der Waals surface area contributed by atoms with Crippen molar-refractivity contribution in [2.75, 3.05) is 140 Å². The number of hydrogen-bond donors (Lipinski definition) is 8. The molecule has 149 heavy (non-hydrogen) atoms. The fourth-order valence-corrected chi connectivity index (χ4v) is 20.0. The van der Waals surface area contributed by atoms with E-state index in [4.69, 9.17) is 95.8 Å². The number of H-pyrrole nitrogens is 2. The van der Waals surface area contributed by atoms with Gasteiger partial charge in [0, 0.05) is 139 Å². The van der Waals surface area contributed by atoms with Gasteiger partial charge in [-0.25, -0.2) is 39.2 Å². The Labute approximate surface area is 944 Å². The smallest absolute Gasteiger partial charge is 0.553 e. The maximum Gasteiger partial charge on any atom is 1.00 e. The van der Waals surface area contributed by atoms with Crippen LogP contribution in [0.2, 0.25) is 30.9 Å². The third-order valence-corrected chi connectivity index (χ3v) is 29.6.